The normalized spacial score (nSPS) is 15.4. The van der Waals surface area contributed by atoms with Crippen LogP contribution in [-0.2, 0) is 9.53 Å². The van der Waals surface area contributed by atoms with Crippen LogP contribution in [0.1, 0.15) is 17.0 Å². The van der Waals surface area contributed by atoms with Crippen molar-refractivity contribution in [1.29, 1.82) is 0 Å². The first kappa shape index (κ1) is 17.6. The second-order valence-electron chi connectivity index (χ2n) is 6.53. The molecule has 140 valence electrons. The van der Waals surface area contributed by atoms with Gasteiger partial charge in [-0.1, -0.05) is 18.2 Å². The SMILES string of the molecule is Cc1cc(/C=C2/OC(=O)N(c3ccccc3)C2=O)c(C)n1-c1ccc(O)cc1. The number of cyclic esters (lactones) is 1. The molecule has 1 saturated heterocycles. The molecule has 6 nitrogen and oxygen atoms in total. The van der Waals surface area contributed by atoms with Crippen LogP contribution in [0.2, 0.25) is 0 Å². The van der Waals surface area contributed by atoms with E-state index in [-0.39, 0.29) is 11.5 Å². The molecule has 0 unspecified atom stereocenters. The molecule has 3 aromatic rings. The third-order valence-corrected chi connectivity index (χ3v) is 4.67. The molecule has 1 N–H and O–H groups in total. The Morgan fingerprint density at radius 3 is 2.29 bits per heavy atom. The molecule has 0 spiro atoms. The maximum atomic E-state index is 12.7. The van der Waals surface area contributed by atoms with Gasteiger partial charge in [0.05, 0.1) is 5.69 Å². The van der Waals surface area contributed by atoms with Gasteiger partial charge >= 0.3 is 12.0 Å². The Morgan fingerprint density at radius 2 is 1.61 bits per heavy atom. The number of aryl methyl sites for hydroxylation is 1. The number of phenolic OH excluding ortho intramolecular Hbond substituents is 1. The molecule has 1 aliphatic heterocycles. The first-order chi connectivity index (χ1) is 13.5. The number of benzene rings is 2. The third kappa shape index (κ3) is 2.95. The van der Waals surface area contributed by atoms with Crippen molar-refractivity contribution in [3.8, 4) is 11.4 Å². The zero-order valence-electron chi connectivity index (χ0n) is 15.4. The van der Waals surface area contributed by atoms with Gasteiger partial charge in [-0.2, -0.15) is 0 Å². The Balaban J connectivity index is 1.70. The summed E-state index contributed by atoms with van der Waals surface area (Å²) >= 11 is 0. The lowest BCUT2D eigenvalue weighted by Crippen LogP contribution is -2.28. The number of aromatic hydroxyl groups is 1. The number of carbonyl (C=O) groups excluding carboxylic acids is 2. The lowest BCUT2D eigenvalue weighted by atomic mass is 10.2. The van der Waals surface area contributed by atoms with E-state index in [9.17, 15) is 14.7 Å². The summed E-state index contributed by atoms with van der Waals surface area (Å²) in [7, 11) is 0. The van der Waals surface area contributed by atoms with Crippen molar-refractivity contribution < 1.29 is 19.4 Å². The number of carbonyl (C=O) groups is 2. The van der Waals surface area contributed by atoms with Crippen molar-refractivity contribution in [3.05, 3.63) is 83.4 Å². The van der Waals surface area contributed by atoms with E-state index in [1.54, 1.807) is 42.5 Å². The summed E-state index contributed by atoms with van der Waals surface area (Å²) in [6, 6.07) is 17.4. The summed E-state index contributed by atoms with van der Waals surface area (Å²) in [6.45, 7) is 3.86. The fraction of sp³-hybridized carbons (Fsp3) is 0.0909. The van der Waals surface area contributed by atoms with Gasteiger partial charge in [0.25, 0.3) is 0 Å². The molecular formula is C22H18N2O4. The number of ether oxygens (including phenoxy) is 1. The maximum absolute atomic E-state index is 12.7. The minimum atomic E-state index is -0.713. The van der Waals surface area contributed by atoms with Crippen LogP contribution in [0.4, 0.5) is 10.5 Å². The predicted molar refractivity (Wildman–Crippen MR) is 105 cm³/mol. The van der Waals surface area contributed by atoms with Crippen LogP contribution in [0.3, 0.4) is 0 Å². The number of imide groups is 1. The molecule has 1 fully saturated rings. The molecular weight excluding hydrogens is 356 g/mol. The van der Waals surface area contributed by atoms with Crippen molar-refractivity contribution in [2.75, 3.05) is 4.90 Å². The Hall–Kier alpha value is -3.80. The summed E-state index contributed by atoms with van der Waals surface area (Å²) in [6.07, 6.45) is 0.873. The van der Waals surface area contributed by atoms with E-state index in [0.717, 1.165) is 27.5 Å². The zero-order valence-corrected chi connectivity index (χ0v) is 15.4. The van der Waals surface area contributed by atoms with E-state index in [0.29, 0.717) is 5.69 Å². The number of nitrogens with zero attached hydrogens (tertiary/aromatic N) is 2. The lowest BCUT2D eigenvalue weighted by molar-refractivity contribution is -0.114. The average Bonchev–Trinajstić information content (AvgIpc) is 3.12. The molecule has 0 bridgehead atoms. The predicted octanol–water partition coefficient (Wildman–Crippen LogP) is 4.32. The van der Waals surface area contributed by atoms with E-state index in [1.165, 1.54) is 0 Å². The first-order valence-corrected chi connectivity index (χ1v) is 8.77. The summed E-state index contributed by atoms with van der Waals surface area (Å²) < 4.78 is 7.23. The van der Waals surface area contributed by atoms with E-state index < -0.39 is 12.0 Å². The van der Waals surface area contributed by atoms with Crippen LogP contribution in [-0.4, -0.2) is 21.7 Å². The minimum absolute atomic E-state index is 0.0141. The monoisotopic (exact) mass is 374 g/mol. The van der Waals surface area contributed by atoms with Gasteiger partial charge in [0, 0.05) is 17.1 Å². The summed E-state index contributed by atoms with van der Waals surface area (Å²) in [5, 5.41) is 9.50. The van der Waals surface area contributed by atoms with Crippen LogP contribution >= 0.6 is 0 Å². The number of para-hydroxylation sites is 1. The van der Waals surface area contributed by atoms with Crippen molar-refractivity contribution in [3.63, 3.8) is 0 Å². The second kappa shape index (κ2) is 6.74. The number of amides is 2. The summed E-state index contributed by atoms with van der Waals surface area (Å²) in [5.74, 6) is -0.316. The van der Waals surface area contributed by atoms with Crippen LogP contribution in [0.15, 0.2) is 66.4 Å². The summed E-state index contributed by atoms with van der Waals surface area (Å²) in [4.78, 5) is 25.9. The molecule has 1 aromatic heterocycles. The summed E-state index contributed by atoms with van der Waals surface area (Å²) in [5.41, 5.74) is 3.97. The number of phenols is 1. The van der Waals surface area contributed by atoms with Crippen LogP contribution < -0.4 is 4.90 Å². The van der Waals surface area contributed by atoms with Crippen LogP contribution in [0.5, 0.6) is 5.75 Å². The number of anilines is 1. The highest BCUT2D eigenvalue weighted by atomic mass is 16.6. The maximum Gasteiger partial charge on any atom is 0.427 e. The quantitative estimate of drug-likeness (QED) is 0.693. The minimum Gasteiger partial charge on any atom is -0.508 e. The standard InChI is InChI=1S/C22H18N2O4/c1-14-12-16(15(2)23(14)18-8-10-19(25)11-9-18)13-20-21(26)24(22(27)28-20)17-6-4-3-5-7-17/h3-13,25H,1-2H3/b20-13+. The molecule has 2 aromatic carbocycles. The Kier molecular flexibility index (Phi) is 4.24. The Morgan fingerprint density at radius 1 is 0.929 bits per heavy atom. The average molecular weight is 374 g/mol. The van der Waals surface area contributed by atoms with Gasteiger partial charge in [-0.25, -0.2) is 9.69 Å². The van der Waals surface area contributed by atoms with E-state index in [4.69, 9.17) is 4.74 Å². The molecule has 0 aliphatic carbocycles. The second-order valence-corrected chi connectivity index (χ2v) is 6.53. The van der Waals surface area contributed by atoms with Crippen molar-refractivity contribution in [1.82, 2.24) is 4.57 Å². The highest BCUT2D eigenvalue weighted by Gasteiger charge is 2.37. The van der Waals surface area contributed by atoms with Gasteiger partial charge in [0.15, 0.2) is 5.76 Å². The Bertz CT molecular complexity index is 1100. The van der Waals surface area contributed by atoms with Crippen molar-refractivity contribution >= 4 is 23.8 Å². The van der Waals surface area contributed by atoms with Crippen molar-refractivity contribution in [2.24, 2.45) is 0 Å². The van der Waals surface area contributed by atoms with Crippen LogP contribution in [0.25, 0.3) is 11.8 Å². The highest BCUT2D eigenvalue weighted by molar-refractivity contribution is 6.24. The number of aromatic nitrogens is 1. The molecule has 0 atom stereocenters. The zero-order chi connectivity index (χ0) is 19.8. The molecule has 0 radical (unpaired) electrons. The number of hydrogen-bond donors (Lipinski definition) is 1. The van der Waals surface area contributed by atoms with E-state index in [2.05, 4.69) is 0 Å². The van der Waals surface area contributed by atoms with Crippen molar-refractivity contribution in [2.45, 2.75) is 13.8 Å². The van der Waals surface area contributed by atoms with Crippen LogP contribution in [0, 0.1) is 13.8 Å². The number of rotatable bonds is 3. The lowest BCUT2D eigenvalue weighted by Gasteiger charge is -2.09. The molecule has 0 saturated carbocycles. The fourth-order valence-electron chi connectivity index (χ4n) is 3.34. The molecule has 28 heavy (non-hydrogen) atoms. The van der Waals surface area contributed by atoms with Gasteiger partial charge < -0.3 is 14.4 Å². The topological polar surface area (TPSA) is 71.8 Å². The van der Waals surface area contributed by atoms with Gasteiger partial charge in [-0.3, -0.25) is 4.79 Å². The van der Waals surface area contributed by atoms with Gasteiger partial charge in [0.2, 0.25) is 0 Å². The highest BCUT2D eigenvalue weighted by Crippen LogP contribution is 2.28. The fourth-order valence-corrected chi connectivity index (χ4v) is 3.34. The molecule has 1 aliphatic rings. The van der Waals surface area contributed by atoms with E-state index >= 15 is 0 Å². The van der Waals surface area contributed by atoms with Gasteiger partial charge in [0.1, 0.15) is 5.75 Å². The molecule has 4 rings (SSSR count). The number of hydrogen-bond acceptors (Lipinski definition) is 4. The molecule has 2 amide bonds. The largest absolute Gasteiger partial charge is 0.508 e. The third-order valence-electron chi connectivity index (χ3n) is 4.67. The Labute approximate surface area is 161 Å². The van der Waals surface area contributed by atoms with Gasteiger partial charge in [-0.05, 0) is 68.0 Å². The smallest absolute Gasteiger partial charge is 0.427 e. The molecule has 6 heteroatoms. The molecule has 2 heterocycles. The first-order valence-electron chi connectivity index (χ1n) is 8.77. The van der Waals surface area contributed by atoms with E-state index in [1.807, 2.05) is 42.7 Å². The van der Waals surface area contributed by atoms with Gasteiger partial charge in [-0.15, -0.1) is 0 Å².